The van der Waals surface area contributed by atoms with Gasteiger partial charge >= 0.3 is 8.60 Å². The second-order valence-electron chi connectivity index (χ2n) is 9.40. The lowest BCUT2D eigenvalue weighted by atomic mass is 10.1. The van der Waals surface area contributed by atoms with Crippen LogP contribution in [0.4, 0.5) is 0 Å². The average Bonchev–Trinajstić information content (AvgIpc) is 2.98. The smallest absolute Gasteiger partial charge is 0.334 e. The Balaban J connectivity index is 1.52. The minimum atomic E-state index is -2.68. The minimum Gasteiger partial charge on any atom is -0.404 e. The molecule has 0 aromatic heterocycles. The molecule has 2 aliphatic rings. The van der Waals surface area contributed by atoms with Crippen LogP contribution in [0.3, 0.4) is 0 Å². The Kier molecular flexibility index (Phi) is 7.97. The topological polar surface area (TPSA) is 57.2 Å². The van der Waals surface area contributed by atoms with Crippen molar-refractivity contribution in [1.29, 1.82) is 0 Å². The van der Waals surface area contributed by atoms with Crippen molar-refractivity contribution in [2.24, 2.45) is 0 Å². The van der Waals surface area contributed by atoms with E-state index in [4.69, 9.17) is 18.0 Å². The highest BCUT2D eigenvalue weighted by Gasteiger charge is 2.50. The summed E-state index contributed by atoms with van der Waals surface area (Å²) in [5, 5.41) is 13.1. The molecule has 5 nitrogen and oxygen atoms in total. The second-order valence-corrected chi connectivity index (χ2v) is 14.8. The van der Waals surface area contributed by atoms with Gasteiger partial charge in [-0.15, -0.1) is 0 Å². The molecule has 1 N–H and O–H groups in total. The van der Waals surface area contributed by atoms with E-state index in [9.17, 15) is 5.11 Å². The van der Waals surface area contributed by atoms with E-state index in [1.54, 1.807) is 6.08 Å². The summed E-state index contributed by atoms with van der Waals surface area (Å²) in [6.45, 7) is 7.41. The number of benzene rings is 2. The van der Waals surface area contributed by atoms with Gasteiger partial charge in [0, 0.05) is 6.42 Å². The monoisotopic (exact) mass is 484 g/mol. The van der Waals surface area contributed by atoms with Crippen molar-refractivity contribution in [3.05, 3.63) is 85.0 Å². The fourth-order valence-corrected chi connectivity index (χ4v) is 10.2. The highest BCUT2D eigenvalue weighted by molar-refractivity contribution is 7.41. The van der Waals surface area contributed by atoms with Crippen LogP contribution in [0.5, 0.6) is 0 Å². The molecule has 4 rings (SSSR count). The van der Waals surface area contributed by atoms with Crippen molar-refractivity contribution in [3.63, 3.8) is 0 Å². The van der Waals surface area contributed by atoms with Gasteiger partial charge in [-0.25, -0.2) is 0 Å². The molecular weight excluding hydrogens is 451 g/mol. The number of rotatable bonds is 7. The molecule has 2 heterocycles. The maximum atomic E-state index is 10.8. The summed E-state index contributed by atoms with van der Waals surface area (Å²) in [7, 11) is -4.02. The SMILES string of the molecule is CC(C)(C)[Si](OC[C@H](O)C=C[C@H]1C[C@@H]2C=CCOP(O2)O1)(c1ccccc1)c1ccccc1. The Morgan fingerprint density at radius 2 is 1.70 bits per heavy atom. The van der Waals surface area contributed by atoms with Crippen molar-refractivity contribution in [1.82, 2.24) is 0 Å². The summed E-state index contributed by atoms with van der Waals surface area (Å²) < 4.78 is 24.0. The molecule has 7 heteroatoms. The van der Waals surface area contributed by atoms with Gasteiger partial charge in [0.1, 0.15) is 0 Å². The highest BCUT2D eigenvalue weighted by atomic mass is 31.2. The fraction of sp³-hybridized carbons (Fsp3) is 0.385. The van der Waals surface area contributed by atoms with E-state index < -0.39 is 23.0 Å². The van der Waals surface area contributed by atoms with Gasteiger partial charge in [-0.1, -0.05) is 106 Å². The number of hydrogen-bond donors (Lipinski definition) is 1. The Bertz CT molecular complexity index is 905. The predicted octanol–water partition coefficient (Wildman–Crippen LogP) is 4.47. The first-order valence-corrected chi connectivity index (χ1v) is 14.4. The van der Waals surface area contributed by atoms with Crippen molar-refractivity contribution in [2.75, 3.05) is 13.2 Å². The zero-order valence-electron chi connectivity index (χ0n) is 19.5. The van der Waals surface area contributed by atoms with E-state index in [1.165, 1.54) is 10.4 Å². The van der Waals surface area contributed by atoms with Gasteiger partial charge < -0.3 is 23.1 Å². The molecule has 0 amide bonds. The summed E-state index contributed by atoms with van der Waals surface area (Å²) in [5.74, 6) is 0. The van der Waals surface area contributed by atoms with Crippen LogP contribution in [0.25, 0.3) is 0 Å². The van der Waals surface area contributed by atoms with Gasteiger partial charge in [-0.3, -0.25) is 0 Å². The van der Waals surface area contributed by atoms with E-state index in [0.717, 1.165) is 0 Å². The molecule has 1 unspecified atom stereocenters. The van der Waals surface area contributed by atoms with Gasteiger partial charge in [0.15, 0.2) is 0 Å². The zero-order chi connectivity index (χ0) is 23.3. The number of aliphatic hydroxyl groups excluding tert-OH is 1. The van der Waals surface area contributed by atoms with Crippen LogP contribution < -0.4 is 10.4 Å². The summed E-state index contributed by atoms with van der Waals surface area (Å²) in [5.41, 5.74) is 0. The number of fused-ring (bicyclic) bond motifs is 2. The van der Waals surface area contributed by atoms with Crippen LogP contribution in [-0.4, -0.2) is 44.9 Å². The van der Waals surface area contributed by atoms with Crippen LogP contribution in [0.15, 0.2) is 85.0 Å². The van der Waals surface area contributed by atoms with E-state index in [-0.39, 0.29) is 23.9 Å². The van der Waals surface area contributed by atoms with Gasteiger partial charge in [0.25, 0.3) is 8.32 Å². The molecule has 2 aliphatic heterocycles. The number of hydrogen-bond acceptors (Lipinski definition) is 5. The van der Waals surface area contributed by atoms with Crippen LogP contribution in [0, 0.1) is 0 Å². The molecule has 0 aliphatic carbocycles. The van der Waals surface area contributed by atoms with E-state index in [2.05, 4.69) is 69.3 Å². The Hall–Kier alpha value is -1.63. The van der Waals surface area contributed by atoms with Gasteiger partial charge in [0.2, 0.25) is 0 Å². The molecule has 2 aromatic rings. The normalized spacial score (nSPS) is 24.5. The summed E-state index contributed by atoms with van der Waals surface area (Å²) in [6, 6.07) is 20.9. The maximum Gasteiger partial charge on any atom is 0.334 e. The summed E-state index contributed by atoms with van der Waals surface area (Å²) >= 11 is 0. The van der Waals surface area contributed by atoms with Crippen LogP contribution >= 0.6 is 8.60 Å². The first kappa shape index (κ1) is 24.5. The average molecular weight is 485 g/mol. The molecular formula is C26H33O5PSi. The van der Waals surface area contributed by atoms with Crippen LogP contribution in [-0.2, 0) is 18.0 Å². The van der Waals surface area contributed by atoms with Crippen LogP contribution in [0.1, 0.15) is 27.2 Å². The molecule has 33 heavy (non-hydrogen) atoms. The van der Waals surface area contributed by atoms with Gasteiger partial charge in [0.05, 0.1) is 31.5 Å². The van der Waals surface area contributed by atoms with Gasteiger partial charge in [-0.2, -0.15) is 0 Å². The third-order valence-electron chi connectivity index (χ3n) is 5.97. The fourth-order valence-electron chi connectivity index (χ4n) is 4.44. The first-order chi connectivity index (χ1) is 15.9. The largest absolute Gasteiger partial charge is 0.404 e. The van der Waals surface area contributed by atoms with Gasteiger partial charge in [-0.05, 0) is 15.4 Å². The van der Waals surface area contributed by atoms with Crippen molar-refractivity contribution >= 4 is 27.3 Å². The standard InChI is InChI=1S/C26H33O5PSi/c1-26(2,3)33(24-12-6-4-7-13-24,25-14-8-5-9-15-25)29-20-21(27)16-17-23-19-22-11-10-18-28-32(30-22)31-23/h4-17,21-23,27H,18-20H2,1-3H3/t21-,22+,23+,32?/m1/s1. The summed E-state index contributed by atoms with van der Waals surface area (Å²) in [4.78, 5) is 0. The molecule has 176 valence electrons. The quantitative estimate of drug-likeness (QED) is 0.357. The molecule has 4 atom stereocenters. The van der Waals surface area contributed by atoms with Crippen LogP contribution in [0.2, 0.25) is 5.04 Å². The van der Waals surface area contributed by atoms with E-state index in [0.29, 0.717) is 13.0 Å². The lowest BCUT2D eigenvalue weighted by Crippen LogP contribution is -2.67. The van der Waals surface area contributed by atoms with Crippen molar-refractivity contribution < 1.29 is 23.1 Å². The molecule has 0 spiro atoms. The Morgan fingerprint density at radius 1 is 1.06 bits per heavy atom. The van der Waals surface area contributed by atoms with E-state index >= 15 is 0 Å². The lowest BCUT2D eigenvalue weighted by Gasteiger charge is -2.43. The molecule has 1 saturated heterocycles. The Labute approximate surface area is 199 Å². The molecule has 2 bridgehead atoms. The maximum absolute atomic E-state index is 10.8. The first-order valence-electron chi connectivity index (χ1n) is 11.4. The molecule has 0 radical (unpaired) electrons. The van der Waals surface area contributed by atoms with Crippen molar-refractivity contribution in [3.8, 4) is 0 Å². The number of aliphatic hydroxyl groups is 1. The summed E-state index contributed by atoms with van der Waals surface area (Å²) in [6.07, 6.45) is 7.48. The third kappa shape index (κ3) is 5.72. The third-order valence-corrected chi connectivity index (χ3v) is 12.2. The molecule has 1 fully saturated rings. The molecule has 0 saturated carbocycles. The minimum absolute atomic E-state index is 0.00693. The zero-order valence-corrected chi connectivity index (χ0v) is 21.4. The predicted molar refractivity (Wildman–Crippen MR) is 135 cm³/mol. The molecule has 2 aromatic carbocycles. The highest BCUT2D eigenvalue weighted by Crippen LogP contribution is 2.49. The second kappa shape index (κ2) is 10.7. The van der Waals surface area contributed by atoms with E-state index in [1.807, 2.05) is 30.4 Å². The lowest BCUT2D eigenvalue weighted by molar-refractivity contribution is 0.0634. The Morgan fingerprint density at radius 3 is 2.30 bits per heavy atom. The van der Waals surface area contributed by atoms with Crippen molar-refractivity contribution in [2.45, 2.75) is 50.5 Å².